The molecule has 0 N–H and O–H groups in total. The van der Waals surface area contributed by atoms with E-state index in [-0.39, 0.29) is 0 Å². The average molecular weight is 355 g/mol. The van der Waals surface area contributed by atoms with Gasteiger partial charge in [0.15, 0.2) is 4.80 Å². The fourth-order valence-electron chi connectivity index (χ4n) is 4.41. The first-order valence-electron chi connectivity index (χ1n) is 10.1. The van der Waals surface area contributed by atoms with E-state index in [0.717, 1.165) is 0 Å². The fraction of sp³-hybridized carbons (Fsp3) is 0.591. The first kappa shape index (κ1) is 17.1. The zero-order chi connectivity index (χ0) is 17.1. The predicted molar refractivity (Wildman–Crippen MR) is 107 cm³/mol. The summed E-state index contributed by atoms with van der Waals surface area (Å²) < 4.78 is 2.60. The fourth-order valence-corrected chi connectivity index (χ4v) is 5.45. The van der Waals surface area contributed by atoms with Crippen molar-refractivity contribution in [2.75, 3.05) is 0 Å². The molecule has 1 aromatic heterocycles. The van der Waals surface area contributed by atoms with E-state index in [9.17, 15) is 0 Å². The topological polar surface area (TPSA) is 17.3 Å². The highest BCUT2D eigenvalue weighted by atomic mass is 32.1. The Morgan fingerprint density at radius 2 is 1.52 bits per heavy atom. The van der Waals surface area contributed by atoms with E-state index in [4.69, 9.17) is 4.99 Å². The Morgan fingerprint density at radius 3 is 2.20 bits per heavy atom. The summed E-state index contributed by atoms with van der Waals surface area (Å²) in [7, 11) is 0. The van der Waals surface area contributed by atoms with Crippen molar-refractivity contribution in [3.05, 3.63) is 40.0 Å². The van der Waals surface area contributed by atoms with Crippen LogP contribution in [0.15, 0.2) is 34.6 Å². The molecule has 4 rings (SSSR count). The summed E-state index contributed by atoms with van der Waals surface area (Å²) in [6, 6.07) is 10.2. The first-order valence-corrected chi connectivity index (χ1v) is 11.0. The SMILES string of the molecule is Cc1ccc(-c2csc(=NC3CCCCC3)n2C2CCCCC2)cc1. The second-order valence-electron chi connectivity index (χ2n) is 7.85. The number of rotatable bonds is 3. The molecular weight excluding hydrogens is 324 g/mol. The summed E-state index contributed by atoms with van der Waals surface area (Å²) >= 11 is 1.86. The van der Waals surface area contributed by atoms with Crippen molar-refractivity contribution < 1.29 is 0 Å². The van der Waals surface area contributed by atoms with Crippen LogP contribution in [0.25, 0.3) is 11.3 Å². The van der Waals surface area contributed by atoms with Crippen LogP contribution in [-0.4, -0.2) is 10.6 Å². The molecule has 0 aliphatic heterocycles. The van der Waals surface area contributed by atoms with Crippen molar-refractivity contribution in [3.63, 3.8) is 0 Å². The Balaban J connectivity index is 1.75. The summed E-state index contributed by atoms with van der Waals surface area (Å²) in [4.78, 5) is 6.51. The molecule has 2 saturated carbocycles. The van der Waals surface area contributed by atoms with E-state index in [1.54, 1.807) is 0 Å². The van der Waals surface area contributed by atoms with E-state index in [0.29, 0.717) is 12.1 Å². The van der Waals surface area contributed by atoms with Crippen molar-refractivity contribution in [2.45, 2.75) is 83.2 Å². The summed E-state index contributed by atoms with van der Waals surface area (Å²) in [6.45, 7) is 2.16. The second-order valence-corrected chi connectivity index (χ2v) is 8.69. The highest BCUT2D eigenvalue weighted by Crippen LogP contribution is 2.32. The van der Waals surface area contributed by atoms with E-state index in [2.05, 4.69) is 41.1 Å². The molecule has 0 amide bonds. The van der Waals surface area contributed by atoms with Gasteiger partial charge in [-0.2, -0.15) is 0 Å². The standard InChI is InChI=1S/C22H30N2S/c1-17-12-14-18(15-13-17)21-16-25-22(23-19-8-4-2-5-9-19)24(21)20-10-6-3-7-11-20/h12-16,19-20H,2-11H2,1H3. The van der Waals surface area contributed by atoms with Crippen LogP contribution in [0.5, 0.6) is 0 Å². The van der Waals surface area contributed by atoms with Gasteiger partial charge in [-0.15, -0.1) is 11.3 Å². The minimum absolute atomic E-state index is 0.549. The van der Waals surface area contributed by atoms with Gasteiger partial charge >= 0.3 is 0 Å². The predicted octanol–water partition coefficient (Wildman–Crippen LogP) is 6.26. The van der Waals surface area contributed by atoms with Crippen molar-refractivity contribution >= 4 is 11.3 Å². The molecule has 0 atom stereocenters. The minimum Gasteiger partial charge on any atom is -0.314 e. The van der Waals surface area contributed by atoms with Crippen LogP contribution >= 0.6 is 11.3 Å². The highest BCUT2D eigenvalue weighted by molar-refractivity contribution is 7.07. The summed E-state index contributed by atoms with van der Waals surface area (Å²) in [6.07, 6.45) is 13.4. The van der Waals surface area contributed by atoms with E-state index in [1.165, 1.54) is 85.8 Å². The zero-order valence-corrected chi connectivity index (χ0v) is 16.2. The van der Waals surface area contributed by atoms with Crippen molar-refractivity contribution in [1.29, 1.82) is 0 Å². The molecule has 0 spiro atoms. The average Bonchev–Trinajstić information content (AvgIpc) is 3.07. The van der Waals surface area contributed by atoms with Gasteiger partial charge in [-0.05, 0) is 38.2 Å². The Kier molecular flexibility index (Phi) is 5.40. The number of nitrogens with zero attached hydrogens (tertiary/aromatic N) is 2. The van der Waals surface area contributed by atoms with Gasteiger partial charge in [0.1, 0.15) is 0 Å². The lowest BCUT2D eigenvalue weighted by Crippen LogP contribution is -2.26. The van der Waals surface area contributed by atoms with Gasteiger partial charge in [-0.1, -0.05) is 68.4 Å². The second kappa shape index (κ2) is 7.90. The van der Waals surface area contributed by atoms with Crippen LogP contribution in [0.4, 0.5) is 0 Å². The third kappa shape index (κ3) is 3.92. The molecular formula is C22H30N2S. The molecule has 2 aromatic rings. The molecule has 1 aromatic carbocycles. The molecule has 2 fully saturated rings. The normalized spacial score (nSPS) is 20.9. The van der Waals surface area contributed by atoms with Crippen LogP contribution in [0.2, 0.25) is 0 Å². The maximum absolute atomic E-state index is 5.24. The van der Waals surface area contributed by atoms with Crippen molar-refractivity contribution in [3.8, 4) is 11.3 Å². The van der Waals surface area contributed by atoms with Crippen LogP contribution in [0, 0.1) is 6.92 Å². The number of hydrogen-bond donors (Lipinski definition) is 0. The van der Waals surface area contributed by atoms with E-state index in [1.807, 2.05) is 11.3 Å². The number of aromatic nitrogens is 1. The van der Waals surface area contributed by atoms with Gasteiger partial charge < -0.3 is 4.57 Å². The maximum Gasteiger partial charge on any atom is 0.185 e. The molecule has 0 bridgehead atoms. The van der Waals surface area contributed by atoms with Gasteiger partial charge in [0.2, 0.25) is 0 Å². The number of aryl methyl sites for hydroxylation is 1. The Bertz CT molecular complexity index is 741. The molecule has 2 aliphatic rings. The summed E-state index contributed by atoms with van der Waals surface area (Å²) in [5.74, 6) is 0. The maximum atomic E-state index is 5.24. The molecule has 0 unspecified atom stereocenters. The summed E-state index contributed by atoms with van der Waals surface area (Å²) in [5, 5.41) is 2.35. The van der Waals surface area contributed by atoms with Gasteiger partial charge in [0.05, 0.1) is 11.7 Å². The van der Waals surface area contributed by atoms with Crippen LogP contribution in [-0.2, 0) is 0 Å². The smallest absolute Gasteiger partial charge is 0.185 e. The number of hydrogen-bond acceptors (Lipinski definition) is 2. The lowest BCUT2D eigenvalue weighted by Gasteiger charge is -2.26. The molecule has 134 valence electrons. The van der Waals surface area contributed by atoms with E-state index < -0.39 is 0 Å². The number of benzene rings is 1. The van der Waals surface area contributed by atoms with Crippen molar-refractivity contribution in [2.24, 2.45) is 4.99 Å². The van der Waals surface area contributed by atoms with E-state index >= 15 is 0 Å². The van der Waals surface area contributed by atoms with Crippen molar-refractivity contribution in [1.82, 2.24) is 4.57 Å². The molecule has 0 radical (unpaired) electrons. The molecule has 3 heteroatoms. The molecule has 2 nitrogen and oxygen atoms in total. The van der Waals surface area contributed by atoms with Crippen LogP contribution in [0.3, 0.4) is 0 Å². The Hall–Kier alpha value is -1.35. The largest absolute Gasteiger partial charge is 0.314 e. The first-order chi connectivity index (χ1) is 12.3. The van der Waals surface area contributed by atoms with Crippen LogP contribution < -0.4 is 4.80 Å². The third-order valence-corrected chi connectivity index (χ3v) is 6.75. The van der Waals surface area contributed by atoms with Crippen LogP contribution in [0.1, 0.15) is 75.8 Å². The monoisotopic (exact) mass is 354 g/mol. The lowest BCUT2D eigenvalue weighted by molar-refractivity contribution is 0.346. The molecule has 2 aliphatic carbocycles. The lowest BCUT2D eigenvalue weighted by atomic mass is 9.94. The van der Waals surface area contributed by atoms with Gasteiger partial charge in [-0.25, -0.2) is 0 Å². The van der Waals surface area contributed by atoms with Gasteiger partial charge in [-0.3, -0.25) is 4.99 Å². The molecule has 1 heterocycles. The van der Waals surface area contributed by atoms with Gasteiger partial charge in [0.25, 0.3) is 0 Å². The minimum atomic E-state index is 0.549. The third-order valence-electron chi connectivity index (χ3n) is 5.90. The zero-order valence-electron chi connectivity index (χ0n) is 15.4. The highest BCUT2D eigenvalue weighted by Gasteiger charge is 2.21. The van der Waals surface area contributed by atoms with Gasteiger partial charge in [0, 0.05) is 11.4 Å². The quantitative estimate of drug-likeness (QED) is 0.618. The Labute approximate surface area is 155 Å². The molecule has 0 saturated heterocycles. The number of thiazole rings is 1. The Morgan fingerprint density at radius 1 is 0.880 bits per heavy atom. The summed E-state index contributed by atoms with van der Waals surface area (Å²) in [5.41, 5.74) is 4.05. The molecule has 25 heavy (non-hydrogen) atoms.